The summed E-state index contributed by atoms with van der Waals surface area (Å²) in [6, 6.07) is 12.6. The molecule has 1 aliphatic rings. The molecule has 168 valence electrons. The van der Waals surface area contributed by atoms with E-state index in [1.54, 1.807) is 14.2 Å². The molecular formula is C26H32N4O2. The van der Waals surface area contributed by atoms with Gasteiger partial charge in [-0.1, -0.05) is 18.2 Å². The number of likely N-dealkylation sites (tertiary alicyclic amines) is 1. The summed E-state index contributed by atoms with van der Waals surface area (Å²) in [5.74, 6) is 2.20. The molecule has 6 heteroatoms. The molecule has 1 aromatic carbocycles. The molecule has 1 aliphatic heterocycles. The molecule has 0 unspecified atom stereocenters. The van der Waals surface area contributed by atoms with Crippen molar-refractivity contribution in [2.75, 3.05) is 33.9 Å². The van der Waals surface area contributed by atoms with E-state index in [-0.39, 0.29) is 0 Å². The Morgan fingerprint density at radius 2 is 1.81 bits per heavy atom. The minimum absolute atomic E-state index is 0.469. The predicted octanol–water partition coefficient (Wildman–Crippen LogP) is 4.04. The van der Waals surface area contributed by atoms with Gasteiger partial charge in [-0.15, -0.1) is 0 Å². The molecule has 3 heterocycles. The third-order valence-corrected chi connectivity index (χ3v) is 6.01. The second-order valence-corrected chi connectivity index (χ2v) is 8.44. The number of benzene rings is 1. The van der Waals surface area contributed by atoms with E-state index in [0.717, 1.165) is 49.6 Å². The Morgan fingerprint density at radius 3 is 2.56 bits per heavy atom. The molecular weight excluding hydrogens is 400 g/mol. The molecule has 1 atom stereocenters. The molecule has 0 aliphatic carbocycles. The topological polar surface area (TPSA) is 60.4 Å². The summed E-state index contributed by atoms with van der Waals surface area (Å²) in [6.07, 6.45) is 9.92. The molecule has 2 aromatic heterocycles. The highest BCUT2D eigenvalue weighted by Gasteiger charge is 2.22. The zero-order chi connectivity index (χ0) is 22.2. The molecule has 1 fully saturated rings. The molecule has 4 rings (SSSR count). The minimum Gasteiger partial charge on any atom is -0.497 e. The van der Waals surface area contributed by atoms with Crippen LogP contribution in [0.4, 0.5) is 0 Å². The van der Waals surface area contributed by atoms with Gasteiger partial charge >= 0.3 is 0 Å². The van der Waals surface area contributed by atoms with Crippen molar-refractivity contribution in [2.45, 2.75) is 38.1 Å². The van der Waals surface area contributed by atoms with E-state index in [1.807, 2.05) is 30.7 Å². The zero-order valence-electron chi connectivity index (χ0n) is 19.0. The van der Waals surface area contributed by atoms with E-state index in [4.69, 9.17) is 14.5 Å². The van der Waals surface area contributed by atoms with Gasteiger partial charge in [0, 0.05) is 62.4 Å². The average Bonchev–Trinajstić information content (AvgIpc) is 2.84. The Labute approximate surface area is 190 Å². The first-order valence-electron chi connectivity index (χ1n) is 11.3. The van der Waals surface area contributed by atoms with Crippen molar-refractivity contribution in [3.05, 3.63) is 83.2 Å². The Kier molecular flexibility index (Phi) is 7.80. The van der Waals surface area contributed by atoms with E-state index < -0.39 is 0 Å². The molecule has 0 N–H and O–H groups in total. The molecule has 0 bridgehead atoms. The molecule has 0 amide bonds. The van der Waals surface area contributed by atoms with Crippen LogP contribution in [0.1, 0.15) is 47.0 Å². The summed E-state index contributed by atoms with van der Waals surface area (Å²) in [7, 11) is 3.40. The van der Waals surface area contributed by atoms with Gasteiger partial charge in [-0.2, -0.15) is 0 Å². The number of pyridine rings is 1. The van der Waals surface area contributed by atoms with Crippen LogP contribution in [0.3, 0.4) is 0 Å². The lowest BCUT2D eigenvalue weighted by Gasteiger charge is -2.32. The van der Waals surface area contributed by atoms with E-state index in [1.165, 1.54) is 29.7 Å². The van der Waals surface area contributed by atoms with Crippen LogP contribution in [0.5, 0.6) is 5.75 Å². The van der Waals surface area contributed by atoms with Gasteiger partial charge in [0.25, 0.3) is 0 Å². The van der Waals surface area contributed by atoms with Crippen molar-refractivity contribution in [2.24, 2.45) is 0 Å². The highest BCUT2D eigenvalue weighted by molar-refractivity contribution is 5.32. The molecule has 6 nitrogen and oxygen atoms in total. The average molecular weight is 433 g/mol. The Balaban J connectivity index is 1.33. The maximum absolute atomic E-state index is 5.33. The highest BCUT2D eigenvalue weighted by Crippen LogP contribution is 2.27. The fourth-order valence-electron chi connectivity index (χ4n) is 4.28. The SMILES string of the molecule is COCCc1ncc(CN2CCC[C@H](c3ccc(Cc4cccc(OC)c4)cn3)C2)cn1. The van der Waals surface area contributed by atoms with Crippen LogP contribution in [0.2, 0.25) is 0 Å². The lowest BCUT2D eigenvalue weighted by Crippen LogP contribution is -2.34. The summed E-state index contributed by atoms with van der Waals surface area (Å²) in [6.45, 7) is 3.66. The monoisotopic (exact) mass is 432 g/mol. The lowest BCUT2D eigenvalue weighted by atomic mass is 9.93. The number of hydrogen-bond donors (Lipinski definition) is 0. The summed E-state index contributed by atoms with van der Waals surface area (Å²) in [5.41, 5.74) is 4.81. The fourth-order valence-corrected chi connectivity index (χ4v) is 4.28. The first kappa shape index (κ1) is 22.4. The Bertz CT molecular complexity index is 976. The lowest BCUT2D eigenvalue weighted by molar-refractivity contribution is 0.197. The minimum atomic E-state index is 0.469. The Morgan fingerprint density at radius 1 is 0.969 bits per heavy atom. The van der Waals surface area contributed by atoms with Crippen LogP contribution in [0.25, 0.3) is 0 Å². The number of methoxy groups -OCH3 is 2. The van der Waals surface area contributed by atoms with Gasteiger partial charge in [-0.3, -0.25) is 9.88 Å². The number of ether oxygens (including phenoxy) is 2. The third kappa shape index (κ3) is 6.11. The quantitative estimate of drug-likeness (QED) is 0.509. The van der Waals surface area contributed by atoms with E-state index in [9.17, 15) is 0 Å². The number of aromatic nitrogens is 3. The van der Waals surface area contributed by atoms with E-state index in [2.05, 4.69) is 39.1 Å². The normalized spacial score (nSPS) is 16.8. The van der Waals surface area contributed by atoms with Crippen molar-refractivity contribution in [1.82, 2.24) is 19.9 Å². The standard InChI is InChI=1S/C26H32N4O2/c1-31-12-10-26-28-16-22(17-29-26)18-30-11-4-6-23(19-30)25-9-8-21(15-27-25)13-20-5-3-7-24(14-20)32-2/h3,5,7-9,14-17,23H,4,6,10-13,18-19H2,1-2H3/t23-/m0/s1. The second kappa shape index (κ2) is 11.2. The summed E-state index contributed by atoms with van der Waals surface area (Å²) in [5, 5.41) is 0. The van der Waals surface area contributed by atoms with Gasteiger partial charge < -0.3 is 9.47 Å². The summed E-state index contributed by atoms with van der Waals surface area (Å²) < 4.78 is 10.4. The van der Waals surface area contributed by atoms with Crippen molar-refractivity contribution >= 4 is 0 Å². The van der Waals surface area contributed by atoms with Crippen LogP contribution in [0, 0.1) is 0 Å². The molecule has 0 saturated carbocycles. The molecule has 1 saturated heterocycles. The first-order valence-corrected chi connectivity index (χ1v) is 11.3. The molecule has 32 heavy (non-hydrogen) atoms. The van der Waals surface area contributed by atoms with Crippen LogP contribution in [-0.4, -0.2) is 53.8 Å². The van der Waals surface area contributed by atoms with Gasteiger partial charge in [0.15, 0.2) is 0 Å². The highest BCUT2D eigenvalue weighted by atomic mass is 16.5. The van der Waals surface area contributed by atoms with Crippen LogP contribution in [0.15, 0.2) is 55.0 Å². The van der Waals surface area contributed by atoms with Gasteiger partial charge in [0.2, 0.25) is 0 Å². The van der Waals surface area contributed by atoms with E-state index >= 15 is 0 Å². The van der Waals surface area contributed by atoms with Gasteiger partial charge in [-0.05, 0) is 55.1 Å². The van der Waals surface area contributed by atoms with E-state index in [0.29, 0.717) is 12.5 Å². The van der Waals surface area contributed by atoms with Crippen LogP contribution < -0.4 is 4.74 Å². The number of nitrogens with zero attached hydrogens (tertiary/aromatic N) is 4. The zero-order valence-corrected chi connectivity index (χ0v) is 19.0. The maximum atomic E-state index is 5.33. The smallest absolute Gasteiger partial charge is 0.130 e. The first-order chi connectivity index (χ1) is 15.7. The number of piperidine rings is 1. The maximum Gasteiger partial charge on any atom is 0.130 e. The van der Waals surface area contributed by atoms with Crippen LogP contribution in [-0.2, 0) is 24.1 Å². The second-order valence-electron chi connectivity index (χ2n) is 8.44. The molecule has 3 aromatic rings. The van der Waals surface area contributed by atoms with Crippen LogP contribution >= 0.6 is 0 Å². The molecule has 0 radical (unpaired) electrons. The third-order valence-electron chi connectivity index (χ3n) is 6.01. The van der Waals surface area contributed by atoms with Gasteiger partial charge in [0.1, 0.15) is 11.6 Å². The van der Waals surface area contributed by atoms with Crippen molar-refractivity contribution in [1.29, 1.82) is 0 Å². The summed E-state index contributed by atoms with van der Waals surface area (Å²) >= 11 is 0. The summed E-state index contributed by atoms with van der Waals surface area (Å²) in [4.78, 5) is 16.3. The number of rotatable bonds is 9. The largest absolute Gasteiger partial charge is 0.497 e. The van der Waals surface area contributed by atoms with Crippen molar-refractivity contribution < 1.29 is 9.47 Å². The number of hydrogen-bond acceptors (Lipinski definition) is 6. The fraction of sp³-hybridized carbons (Fsp3) is 0.423. The van der Waals surface area contributed by atoms with Crippen molar-refractivity contribution in [3.8, 4) is 5.75 Å². The predicted molar refractivity (Wildman–Crippen MR) is 125 cm³/mol. The van der Waals surface area contributed by atoms with Gasteiger partial charge in [0.05, 0.1) is 13.7 Å². The van der Waals surface area contributed by atoms with Crippen molar-refractivity contribution in [3.63, 3.8) is 0 Å². The molecule has 0 spiro atoms. The van der Waals surface area contributed by atoms with Gasteiger partial charge in [-0.25, -0.2) is 9.97 Å². The Hall–Kier alpha value is -2.83.